The average molecular weight is 384 g/mol. The van der Waals surface area contributed by atoms with Crippen LogP contribution in [-0.2, 0) is 4.74 Å². The highest BCUT2D eigenvalue weighted by atomic mass is 16.5. The number of methoxy groups -OCH3 is 1. The summed E-state index contributed by atoms with van der Waals surface area (Å²) in [6.07, 6.45) is 15.7. The van der Waals surface area contributed by atoms with E-state index in [9.17, 15) is 0 Å². The summed E-state index contributed by atoms with van der Waals surface area (Å²) in [4.78, 5) is 8.79. The number of nitrogens with zero attached hydrogens (tertiary/aromatic N) is 2. The van der Waals surface area contributed by atoms with E-state index in [0.29, 0.717) is 24.0 Å². The first kappa shape index (κ1) is 24.7. The Bertz CT molecular complexity index is 734. The van der Waals surface area contributed by atoms with Gasteiger partial charge < -0.3 is 21.5 Å². The van der Waals surface area contributed by atoms with E-state index in [1.54, 1.807) is 26.3 Å². The van der Waals surface area contributed by atoms with E-state index in [0.717, 1.165) is 17.6 Å². The second kappa shape index (κ2) is 14.8. The van der Waals surface area contributed by atoms with E-state index >= 15 is 0 Å². The fourth-order valence-electron chi connectivity index (χ4n) is 1.83. The van der Waals surface area contributed by atoms with Gasteiger partial charge in [-0.15, -0.1) is 0 Å². The molecule has 0 aromatic carbocycles. The first-order valence-corrected chi connectivity index (χ1v) is 8.99. The second-order valence-corrected chi connectivity index (χ2v) is 5.67. The quantitative estimate of drug-likeness (QED) is 0.303. The van der Waals surface area contributed by atoms with Crippen LogP contribution >= 0.6 is 0 Å². The topological polar surface area (TPSA) is 98.0 Å². The van der Waals surface area contributed by atoms with Crippen molar-refractivity contribution in [1.29, 1.82) is 0 Å². The zero-order valence-corrected chi connectivity index (χ0v) is 17.4. The number of rotatable bonds is 10. The first-order valence-electron chi connectivity index (χ1n) is 8.99. The van der Waals surface area contributed by atoms with Crippen LogP contribution in [0.1, 0.15) is 27.2 Å². The molecule has 0 unspecified atom stereocenters. The normalized spacial score (nSPS) is 14.6. The van der Waals surface area contributed by atoms with Gasteiger partial charge >= 0.3 is 0 Å². The lowest BCUT2D eigenvalue weighted by molar-refractivity contribution is 0.400. The molecule has 0 amide bonds. The van der Waals surface area contributed by atoms with Crippen LogP contribution in [0.5, 0.6) is 0 Å². The third kappa shape index (κ3) is 10.7. The van der Waals surface area contributed by atoms with Gasteiger partial charge in [-0.2, -0.15) is 0 Å². The standard InChI is InChI=1S/C22H33N5O/c1-7-9-11-12-13-15-25-22(27-18(4)23)17(3)21(24)20(14-10-8-2)16-26-19(5)28-6/h7,9-14,16H,1,4,8,15,23-24H2,2-3,5-6H3,(H,25,27)/b11-9-,13-12-,14-10-,20-16+,21-17?,26-19?. The van der Waals surface area contributed by atoms with Crippen molar-refractivity contribution in [2.45, 2.75) is 27.2 Å². The van der Waals surface area contributed by atoms with Crippen LogP contribution < -0.4 is 16.8 Å². The summed E-state index contributed by atoms with van der Waals surface area (Å²) in [5.41, 5.74) is 14.1. The summed E-state index contributed by atoms with van der Waals surface area (Å²) in [6, 6.07) is 0. The summed E-state index contributed by atoms with van der Waals surface area (Å²) in [7, 11) is 1.57. The van der Waals surface area contributed by atoms with Crippen molar-refractivity contribution in [2.24, 2.45) is 21.5 Å². The minimum absolute atomic E-state index is 0.282. The van der Waals surface area contributed by atoms with Crippen molar-refractivity contribution in [3.63, 3.8) is 0 Å². The highest BCUT2D eigenvalue weighted by Gasteiger charge is 2.09. The minimum atomic E-state index is 0.282. The monoisotopic (exact) mass is 383 g/mol. The number of hydrogen-bond acceptors (Lipinski definition) is 5. The molecule has 0 spiro atoms. The SMILES string of the molecule is C=C/C=C\C=C/CN=C(NC(=C)N)C(C)=C(N)C(/C=C\CC)=C/N=C(C)OC. The molecule has 0 saturated heterocycles. The Morgan fingerprint density at radius 2 is 1.86 bits per heavy atom. The molecule has 5 N–H and O–H groups in total. The number of nitrogens with one attached hydrogen (secondary N) is 1. The molecule has 0 fully saturated rings. The Kier molecular flexibility index (Phi) is 13.1. The molecule has 0 saturated carbocycles. The lowest BCUT2D eigenvalue weighted by Gasteiger charge is -2.13. The summed E-state index contributed by atoms with van der Waals surface area (Å²) in [5, 5.41) is 2.97. The van der Waals surface area contributed by atoms with E-state index in [1.807, 2.05) is 50.3 Å². The number of ether oxygens (including phenoxy) is 1. The fraction of sp³-hybridized carbons (Fsp3) is 0.273. The predicted molar refractivity (Wildman–Crippen MR) is 122 cm³/mol. The van der Waals surface area contributed by atoms with Crippen molar-refractivity contribution in [3.8, 4) is 0 Å². The van der Waals surface area contributed by atoms with Crippen LogP contribution in [0.25, 0.3) is 0 Å². The van der Waals surface area contributed by atoms with E-state index in [1.165, 1.54) is 0 Å². The van der Waals surface area contributed by atoms with Gasteiger partial charge in [-0.25, -0.2) is 4.99 Å². The molecular formula is C22H33N5O. The maximum Gasteiger partial charge on any atom is 0.184 e. The zero-order valence-electron chi connectivity index (χ0n) is 17.4. The molecule has 0 bridgehead atoms. The predicted octanol–water partition coefficient (Wildman–Crippen LogP) is 3.85. The molecule has 28 heavy (non-hydrogen) atoms. The van der Waals surface area contributed by atoms with E-state index < -0.39 is 0 Å². The van der Waals surface area contributed by atoms with Crippen molar-refractivity contribution in [3.05, 3.63) is 84.6 Å². The lowest BCUT2D eigenvalue weighted by atomic mass is 10.1. The Morgan fingerprint density at radius 3 is 2.43 bits per heavy atom. The number of nitrogens with two attached hydrogens (primary N) is 2. The maximum absolute atomic E-state index is 6.39. The lowest BCUT2D eigenvalue weighted by Crippen LogP contribution is -2.29. The van der Waals surface area contributed by atoms with Crippen LogP contribution in [-0.4, -0.2) is 25.4 Å². The van der Waals surface area contributed by atoms with Crippen molar-refractivity contribution in [1.82, 2.24) is 5.32 Å². The van der Waals surface area contributed by atoms with E-state index in [2.05, 4.69) is 28.5 Å². The summed E-state index contributed by atoms with van der Waals surface area (Å²) in [6.45, 7) is 13.4. The Morgan fingerprint density at radius 1 is 1.14 bits per heavy atom. The molecule has 0 aliphatic carbocycles. The third-order valence-electron chi connectivity index (χ3n) is 3.41. The molecule has 0 heterocycles. The largest absolute Gasteiger partial charge is 0.484 e. The molecule has 6 nitrogen and oxygen atoms in total. The molecule has 0 radical (unpaired) electrons. The number of amidine groups is 1. The Labute approximate surface area is 169 Å². The molecule has 0 atom stereocenters. The molecule has 0 rings (SSSR count). The van der Waals surface area contributed by atoms with Crippen molar-refractivity contribution < 1.29 is 4.74 Å². The van der Waals surface area contributed by atoms with Crippen LogP contribution in [0.3, 0.4) is 0 Å². The van der Waals surface area contributed by atoms with Crippen molar-refractivity contribution >= 4 is 11.7 Å². The van der Waals surface area contributed by atoms with Crippen LogP contribution in [0, 0.1) is 0 Å². The van der Waals surface area contributed by atoms with Gasteiger partial charge in [0.25, 0.3) is 0 Å². The van der Waals surface area contributed by atoms with Gasteiger partial charge in [0, 0.05) is 30.0 Å². The highest BCUT2D eigenvalue weighted by molar-refractivity contribution is 6.00. The zero-order chi connectivity index (χ0) is 21.4. The van der Waals surface area contributed by atoms with Gasteiger partial charge in [-0.05, 0) is 13.3 Å². The van der Waals surface area contributed by atoms with Crippen LogP contribution in [0.2, 0.25) is 0 Å². The molecule has 0 aromatic heterocycles. The molecule has 152 valence electrons. The minimum Gasteiger partial charge on any atom is -0.484 e. The van der Waals surface area contributed by atoms with E-state index in [4.69, 9.17) is 16.2 Å². The number of hydrogen-bond donors (Lipinski definition) is 3. The Balaban J connectivity index is 5.91. The molecule has 0 aliphatic heterocycles. The van der Waals surface area contributed by atoms with Gasteiger partial charge in [-0.3, -0.25) is 4.99 Å². The van der Waals surface area contributed by atoms with Crippen molar-refractivity contribution in [2.75, 3.05) is 13.7 Å². The van der Waals surface area contributed by atoms with Crippen LogP contribution in [0.15, 0.2) is 94.5 Å². The summed E-state index contributed by atoms with van der Waals surface area (Å²) < 4.78 is 5.08. The molecular weight excluding hydrogens is 350 g/mol. The molecule has 0 aromatic rings. The van der Waals surface area contributed by atoms with Gasteiger partial charge in [0.15, 0.2) is 5.90 Å². The highest BCUT2D eigenvalue weighted by Crippen LogP contribution is 2.13. The number of aliphatic imine (C=N–C) groups is 2. The van der Waals surface area contributed by atoms with Gasteiger partial charge in [-0.1, -0.05) is 62.6 Å². The second-order valence-electron chi connectivity index (χ2n) is 5.67. The van der Waals surface area contributed by atoms with Gasteiger partial charge in [0.05, 0.1) is 19.5 Å². The number of allylic oxidation sites excluding steroid dienone is 6. The van der Waals surface area contributed by atoms with Crippen LogP contribution in [0.4, 0.5) is 0 Å². The molecule has 0 aliphatic rings. The smallest absolute Gasteiger partial charge is 0.184 e. The fourth-order valence-corrected chi connectivity index (χ4v) is 1.83. The third-order valence-corrected chi connectivity index (χ3v) is 3.41. The molecule has 6 heteroatoms. The van der Waals surface area contributed by atoms with E-state index in [-0.39, 0.29) is 5.82 Å². The van der Waals surface area contributed by atoms with Gasteiger partial charge in [0.1, 0.15) is 5.84 Å². The van der Waals surface area contributed by atoms with Gasteiger partial charge in [0.2, 0.25) is 0 Å². The first-order chi connectivity index (χ1) is 13.4. The summed E-state index contributed by atoms with van der Waals surface area (Å²) in [5.74, 6) is 1.36. The Hall–Kier alpha value is -3.28. The maximum atomic E-state index is 6.39. The average Bonchev–Trinajstić information content (AvgIpc) is 2.68. The summed E-state index contributed by atoms with van der Waals surface area (Å²) >= 11 is 0.